The first kappa shape index (κ1) is 15.7. The van der Waals surface area contributed by atoms with Gasteiger partial charge in [0.25, 0.3) is 0 Å². The molecular formula is C16H18F3N3O. The predicted molar refractivity (Wildman–Crippen MR) is 82.1 cm³/mol. The highest BCUT2D eigenvalue weighted by molar-refractivity contribution is 5.69. The molecular weight excluding hydrogens is 307 g/mol. The Morgan fingerprint density at radius 2 is 1.83 bits per heavy atom. The number of nitrogens with zero attached hydrogens (tertiary/aromatic N) is 2. The van der Waals surface area contributed by atoms with Crippen LogP contribution >= 0.6 is 0 Å². The third-order valence-corrected chi connectivity index (χ3v) is 4.03. The van der Waals surface area contributed by atoms with Gasteiger partial charge in [0.1, 0.15) is 5.76 Å². The van der Waals surface area contributed by atoms with E-state index in [1.165, 1.54) is 6.07 Å². The van der Waals surface area contributed by atoms with E-state index in [2.05, 4.69) is 4.90 Å². The number of furan rings is 1. The summed E-state index contributed by atoms with van der Waals surface area (Å²) in [6, 6.07) is 7.33. The maximum Gasteiger partial charge on any atom is 0.416 e. The number of hydrogen-bond acceptors (Lipinski definition) is 4. The number of benzene rings is 1. The second-order valence-corrected chi connectivity index (χ2v) is 5.61. The molecule has 0 unspecified atom stereocenters. The van der Waals surface area contributed by atoms with Gasteiger partial charge in [-0.15, -0.1) is 0 Å². The standard InChI is InChI=1S/C16H18F3N3O/c17-16(18,19)12-3-4-15(14(20)10-12)22-7-5-21(6-8-22)11-13-2-1-9-23-13/h1-4,9-10H,5-8,11,20H2. The van der Waals surface area contributed by atoms with E-state index in [-0.39, 0.29) is 5.69 Å². The minimum atomic E-state index is -4.37. The molecule has 0 bridgehead atoms. The Kier molecular flexibility index (Phi) is 4.21. The molecule has 1 saturated heterocycles. The SMILES string of the molecule is Nc1cc(C(F)(F)F)ccc1N1CCN(Cc2ccco2)CC1. The van der Waals surface area contributed by atoms with Gasteiger partial charge in [-0.2, -0.15) is 13.2 Å². The molecule has 0 aliphatic carbocycles. The lowest BCUT2D eigenvalue weighted by atomic mass is 10.1. The molecule has 1 aromatic carbocycles. The van der Waals surface area contributed by atoms with Gasteiger partial charge in [-0.3, -0.25) is 4.90 Å². The molecule has 23 heavy (non-hydrogen) atoms. The summed E-state index contributed by atoms with van der Waals surface area (Å²) in [5.74, 6) is 0.910. The number of rotatable bonds is 3. The third kappa shape index (κ3) is 3.61. The van der Waals surface area contributed by atoms with Gasteiger partial charge in [-0.1, -0.05) is 0 Å². The summed E-state index contributed by atoms with van der Waals surface area (Å²) in [6.07, 6.45) is -2.72. The largest absolute Gasteiger partial charge is 0.468 e. The number of nitrogens with two attached hydrogens (primary N) is 1. The van der Waals surface area contributed by atoms with Crippen LogP contribution < -0.4 is 10.6 Å². The lowest BCUT2D eigenvalue weighted by Crippen LogP contribution is -2.46. The van der Waals surface area contributed by atoms with Crippen molar-refractivity contribution in [3.05, 3.63) is 47.9 Å². The highest BCUT2D eigenvalue weighted by atomic mass is 19.4. The van der Waals surface area contributed by atoms with Crippen LogP contribution in [-0.4, -0.2) is 31.1 Å². The van der Waals surface area contributed by atoms with E-state index in [9.17, 15) is 13.2 Å². The summed E-state index contributed by atoms with van der Waals surface area (Å²) in [5, 5.41) is 0. The van der Waals surface area contributed by atoms with Crippen molar-refractivity contribution >= 4 is 11.4 Å². The third-order valence-electron chi connectivity index (χ3n) is 4.03. The average molecular weight is 325 g/mol. The van der Waals surface area contributed by atoms with Crippen LogP contribution in [-0.2, 0) is 12.7 Å². The second kappa shape index (κ2) is 6.16. The van der Waals surface area contributed by atoms with E-state index in [0.717, 1.165) is 50.6 Å². The number of nitrogen functional groups attached to an aromatic ring is 1. The van der Waals surface area contributed by atoms with Crippen molar-refractivity contribution < 1.29 is 17.6 Å². The number of alkyl halides is 3. The zero-order valence-corrected chi connectivity index (χ0v) is 12.5. The molecule has 2 heterocycles. The van der Waals surface area contributed by atoms with E-state index < -0.39 is 11.7 Å². The molecule has 0 radical (unpaired) electrons. The fraction of sp³-hybridized carbons (Fsp3) is 0.375. The highest BCUT2D eigenvalue weighted by Crippen LogP contribution is 2.34. The predicted octanol–water partition coefficient (Wildman–Crippen LogP) is 3.20. The summed E-state index contributed by atoms with van der Waals surface area (Å²) >= 11 is 0. The van der Waals surface area contributed by atoms with Crippen LogP contribution in [0.4, 0.5) is 24.5 Å². The minimum Gasteiger partial charge on any atom is -0.468 e. The van der Waals surface area contributed by atoms with Crippen molar-refractivity contribution in [1.29, 1.82) is 0 Å². The lowest BCUT2D eigenvalue weighted by molar-refractivity contribution is -0.137. The monoisotopic (exact) mass is 325 g/mol. The molecule has 4 nitrogen and oxygen atoms in total. The molecule has 3 rings (SSSR count). The first-order chi connectivity index (χ1) is 10.9. The van der Waals surface area contributed by atoms with Gasteiger partial charge >= 0.3 is 6.18 Å². The lowest BCUT2D eigenvalue weighted by Gasteiger charge is -2.36. The van der Waals surface area contributed by atoms with Gasteiger partial charge in [0.15, 0.2) is 0 Å². The highest BCUT2D eigenvalue weighted by Gasteiger charge is 2.31. The van der Waals surface area contributed by atoms with Gasteiger partial charge in [0.05, 0.1) is 29.7 Å². The molecule has 1 fully saturated rings. The molecule has 0 atom stereocenters. The summed E-state index contributed by atoms with van der Waals surface area (Å²) in [4.78, 5) is 4.27. The molecule has 2 aromatic rings. The molecule has 0 amide bonds. The van der Waals surface area contributed by atoms with E-state index in [1.54, 1.807) is 6.26 Å². The number of anilines is 2. The van der Waals surface area contributed by atoms with Gasteiger partial charge in [-0.05, 0) is 30.3 Å². The Morgan fingerprint density at radius 1 is 1.09 bits per heavy atom. The van der Waals surface area contributed by atoms with Crippen molar-refractivity contribution in [2.75, 3.05) is 36.8 Å². The molecule has 0 spiro atoms. The molecule has 1 aliphatic rings. The Morgan fingerprint density at radius 3 is 2.39 bits per heavy atom. The fourth-order valence-electron chi connectivity index (χ4n) is 2.79. The first-order valence-corrected chi connectivity index (χ1v) is 7.40. The smallest absolute Gasteiger partial charge is 0.416 e. The maximum absolute atomic E-state index is 12.7. The van der Waals surface area contributed by atoms with Crippen molar-refractivity contribution in [3.63, 3.8) is 0 Å². The average Bonchev–Trinajstić information content (AvgIpc) is 3.00. The number of piperazine rings is 1. The van der Waals surface area contributed by atoms with Crippen LogP contribution in [0.5, 0.6) is 0 Å². The van der Waals surface area contributed by atoms with Crippen molar-refractivity contribution in [2.45, 2.75) is 12.7 Å². The van der Waals surface area contributed by atoms with Crippen LogP contribution in [0.1, 0.15) is 11.3 Å². The topological polar surface area (TPSA) is 45.6 Å². The Balaban J connectivity index is 1.63. The first-order valence-electron chi connectivity index (χ1n) is 7.40. The summed E-state index contributed by atoms with van der Waals surface area (Å²) in [6.45, 7) is 3.79. The molecule has 1 aromatic heterocycles. The molecule has 0 saturated carbocycles. The number of hydrogen-bond donors (Lipinski definition) is 1. The quantitative estimate of drug-likeness (QED) is 0.880. The van der Waals surface area contributed by atoms with Crippen LogP contribution in [0.2, 0.25) is 0 Å². The Bertz CT molecular complexity index is 647. The summed E-state index contributed by atoms with van der Waals surface area (Å²) < 4.78 is 43.4. The molecule has 2 N–H and O–H groups in total. The number of halogens is 3. The summed E-state index contributed by atoms with van der Waals surface area (Å²) in [7, 11) is 0. The van der Waals surface area contributed by atoms with E-state index in [1.807, 2.05) is 17.0 Å². The normalized spacial score (nSPS) is 16.7. The maximum atomic E-state index is 12.7. The van der Waals surface area contributed by atoms with Crippen molar-refractivity contribution in [3.8, 4) is 0 Å². The van der Waals surface area contributed by atoms with Crippen LogP contribution in [0, 0.1) is 0 Å². The Labute approximate surface area is 132 Å². The van der Waals surface area contributed by atoms with E-state index >= 15 is 0 Å². The molecule has 124 valence electrons. The minimum absolute atomic E-state index is 0.166. The fourth-order valence-corrected chi connectivity index (χ4v) is 2.79. The zero-order valence-electron chi connectivity index (χ0n) is 12.5. The van der Waals surface area contributed by atoms with Gasteiger partial charge in [-0.25, -0.2) is 0 Å². The van der Waals surface area contributed by atoms with E-state index in [0.29, 0.717) is 5.69 Å². The molecule has 1 aliphatic heterocycles. The van der Waals surface area contributed by atoms with Crippen LogP contribution in [0.3, 0.4) is 0 Å². The zero-order chi connectivity index (χ0) is 16.4. The van der Waals surface area contributed by atoms with Crippen LogP contribution in [0.15, 0.2) is 41.0 Å². The van der Waals surface area contributed by atoms with Crippen LogP contribution in [0.25, 0.3) is 0 Å². The second-order valence-electron chi connectivity index (χ2n) is 5.61. The Hall–Kier alpha value is -2.15. The summed E-state index contributed by atoms with van der Waals surface area (Å²) in [5.41, 5.74) is 5.94. The van der Waals surface area contributed by atoms with Gasteiger partial charge in [0.2, 0.25) is 0 Å². The van der Waals surface area contributed by atoms with Crippen molar-refractivity contribution in [1.82, 2.24) is 4.90 Å². The van der Waals surface area contributed by atoms with E-state index in [4.69, 9.17) is 10.2 Å². The van der Waals surface area contributed by atoms with Crippen molar-refractivity contribution in [2.24, 2.45) is 0 Å². The molecule has 7 heteroatoms. The van der Waals surface area contributed by atoms with Gasteiger partial charge < -0.3 is 15.1 Å². The van der Waals surface area contributed by atoms with Gasteiger partial charge in [0, 0.05) is 26.2 Å².